The molecular formula is C13H24N2. The van der Waals surface area contributed by atoms with Crippen molar-refractivity contribution in [2.75, 3.05) is 19.6 Å². The molecule has 2 aliphatic rings. The maximum absolute atomic E-state index is 3.57. The van der Waals surface area contributed by atoms with E-state index in [0.29, 0.717) is 6.04 Å². The van der Waals surface area contributed by atoms with Gasteiger partial charge in [-0.25, -0.2) is 0 Å². The van der Waals surface area contributed by atoms with Crippen molar-refractivity contribution in [1.82, 2.24) is 10.2 Å². The molecule has 0 spiro atoms. The molecule has 0 radical (unpaired) electrons. The molecule has 2 rings (SSSR count). The van der Waals surface area contributed by atoms with Crippen LogP contribution in [0.2, 0.25) is 0 Å². The molecule has 1 fully saturated rings. The van der Waals surface area contributed by atoms with Gasteiger partial charge in [0.25, 0.3) is 0 Å². The molecule has 2 nitrogen and oxygen atoms in total. The minimum absolute atomic E-state index is 0.632. The largest absolute Gasteiger partial charge is 0.314 e. The fraction of sp³-hybridized carbons (Fsp3) is 0.846. The molecule has 0 bridgehead atoms. The third kappa shape index (κ3) is 2.82. The molecule has 2 heteroatoms. The van der Waals surface area contributed by atoms with Crippen molar-refractivity contribution < 1.29 is 0 Å². The van der Waals surface area contributed by atoms with Crippen LogP contribution in [0.1, 0.15) is 33.1 Å². The van der Waals surface area contributed by atoms with E-state index in [-0.39, 0.29) is 0 Å². The zero-order valence-electron chi connectivity index (χ0n) is 10.1. The van der Waals surface area contributed by atoms with Gasteiger partial charge in [0.05, 0.1) is 0 Å². The molecule has 15 heavy (non-hydrogen) atoms. The number of rotatable bonds is 4. The van der Waals surface area contributed by atoms with Crippen molar-refractivity contribution in [3.05, 3.63) is 12.2 Å². The highest BCUT2D eigenvalue weighted by Crippen LogP contribution is 2.32. The lowest BCUT2D eigenvalue weighted by Gasteiger charge is -2.45. The summed E-state index contributed by atoms with van der Waals surface area (Å²) < 4.78 is 0. The van der Waals surface area contributed by atoms with Crippen molar-refractivity contribution in [3.63, 3.8) is 0 Å². The van der Waals surface area contributed by atoms with Crippen molar-refractivity contribution in [3.8, 4) is 0 Å². The summed E-state index contributed by atoms with van der Waals surface area (Å²) in [5.74, 6) is 0.902. The first-order valence-electron chi connectivity index (χ1n) is 6.40. The quantitative estimate of drug-likeness (QED) is 0.711. The zero-order chi connectivity index (χ0) is 10.7. The predicted molar refractivity (Wildman–Crippen MR) is 65.0 cm³/mol. The standard InChI is InChI=1S/C13H24N2/c1-11(2)14-10-12-6-7-13(12)15-8-4-3-5-9-15/h3-4,11-14H,5-10H2,1-2H3. The van der Waals surface area contributed by atoms with Crippen LogP contribution < -0.4 is 5.32 Å². The fourth-order valence-electron chi connectivity index (χ4n) is 2.62. The summed E-state index contributed by atoms with van der Waals surface area (Å²) in [6.45, 7) is 8.14. The smallest absolute Gasteiger partial charge is 0.0166 e. The minimum atomic E-state index is 0.632. The van der Waals surface area contributed by atoms with E-state index in [2.05, 4.69) is 36.2 Å². The van der Waals surface area contributed by atoms with Crippen LogP contribution in [-0.2, 0) is 0 Å². The van der Waals surface area contributed by atoms with Crippen LogP contribution >= 0.6 is 0 Å². The van der Waals surface area contributed by atoms with Gasteiger partial charge in [-0.15, -0.1) is 0 Å². The van der Waals surface area contributed by atoms with Gasteiger partial charge in [-0.2, -0.15) is 0 Å². The van der Waals surface area contributed by atoms with E-state index in [1.54, 1.807) is 0 Å². The molecule has 0 aromatic heterocycles. The zero-order valence-corrected chi connectivity index (χ0v) is 10.1. The molecule has 2 unspecified atom stereocenters. The Hall–Kier alpha value is -0.340. The fourth-order valence-corrected chi connectivity index (χ4v) is 2.62. The summed E-state index contributed by atoms with van der Waals surface area (Å²) in [6.07, 6.45) is 8.73. The number of hydrogen-bond acceptors (Lipinski definition) is 2. The van der Waals surface area contributed by atoms with E-state index in [4.69, 9.17) is 0 Å². The average Bonchev–Trinajstić information content (AvgIpc) is 2.17. The van der Waals surface area contributed by atoms with Gasteiger partial charge in [-0.1, -0.05) is 26.0 Å². The van der Waals surface area contributed by atoms with Crippen LogP contribution in [0.15, 0.2) is 12.2 Å². The van der Waals surface area contributed by atoms with Crippen molar-refractivity contribution >= 4 is 0 Å². The van der Waals surface area contributed by atoms with E-state index < -0.39 is 0 Å². The Morgan fingerprint density at radius 1 is 1.33 bits per heavy atom. The molecular weight excluding hydrogens is 184 g/mol. The van der Waals surface area contributed by atoms with Crippen LogP contribution in [0.25, 0.3) is 0 Å². The number of nitrogens with one attached hydrogen (secondary N) is 1. The average molecular weight is 208 g/mol. The van der Waals surface area contributed by atoms with E-state index in [1.807, 2.05) is 0 Å². The summed E-state index contributed by atoms with van der Waals surface area (Å²) in [4.78, 5) is 2.66. The Morgan fingerprint density at radius 2 is 2.20 bits per heavy atom. The van der Waals surface area contributed by atoms with Gasteiger partial charge in [-0.3, -0.25) is 4.90 Å². The third-order valence-electron chi connectivity index (χ3n) is 3.72. The summed E-state index contributed by atoms with van der Waals surface area (Å²) in [5, 5.41) is 3.57. The second kappa shape index (κ2) is 5.13. The van der Waals surface area contributed by atoms with Gasteiger partial charge in [0.2, 0.25) is 0 Å². The lowest BCUT2D eigenvalue weighted by Crippen LogP contribution is -2.52. The van der Waals surface area contributed by atoms with Gasteiger partial charge in [0.1, 0.15) is 0 Å². The molecule has 0 saturated heterocycles. The number of hydrogen-bond donors (Lipinski definition) is 1. The highest BCUT2D eigenvalue weighted by atomic mass is 15.2. The van der Waals surface area contributed by atoms with Gasteiger partial charge < -0.3 is 5.32 Å². The lowest BCUT2D eigenvalue weighted by molar-refractivity contribution is 0.0686. The van der Waals surface area contributed by atoms with Crippen LogP contribution in [-0.4, -0.2) is 36.6 Å². The molecule has 86 valence electrons. The van der Waals surface area contributed by atoms with Crippen LogP contribution in [0.3, 0.4) is 0 Å². The van der Waals surface area contributed by atoms with Gasteiger partial charge >= 0.3 is 0 Å². The first-order valence-corrected chi connectivity index (χ1v) is 6.40. The molecule has 1 aliphatic heterocycles. The summed E-state index contributed by atoms with van der Waals surface area (Å²) in [5.41, 5.74) is 0. The second-order valence-electron chi connectivity index (χ2n) is 5.22. The molecule has 2 atom stereocenters. The second-order valence-corrected chi connectivity index (χ2v) is 5.22. The minimum Gasteiger partial charge on any atom is -0.314 e. The SMILES string of the molecule is CC(C)NCC1CCC1N1CC=CCC1. The molecule has 1 heterocycles. The van der Waals surface area contributed by atoms with Gasteiger partial charge in [0, 0.05) is 25.2 Å². The Bertz CT molecular complexity index is 223. The molecule has 1 aliphatic carbocycles. The lowest BCUT2D eigenvalue weighted by atomic mass is 9.78. The van der Waals surface area contributed by atoms with Gasteiger partial charge in [-0.05, 0) is 31.7 Å². The first-order chi connectivity index (χ1) is 7.27. The third-order valence-corrected chi connectivity index (χ3v) is 3.72. The highest BCUT2D eigenvalue weighted by Gasteiger charge is 2.34. The first kappa shape index (κ1) is 11.2. The monoisotopic (exact) mass is 208 g/mol. The summed E-state index contributed by atoms with van der Waals surface area (Å²) >= 11 is 0. The van der Waals surface area contributed by atoms with Crippen LogP contribution in [0.4, 0.5) is 0 Å². The predicted octanol–water partition coefficient (Wildman–Crippen LogP) is 2.02. The van der Waals surface area contributed by atoms with Crippen molar-refractivity contribution in [2.45, 2.75) is 45.2 Å². The van der Waals surface area contributed by atoms with E-state index in [0.717, 1.165) is 12.0 Å². The molecule has 0 aromatic carbocycles. The Balaban J connectivity index is 1.75. The van der Waals surface area contributed by atoms with E-state index in [1.165, 1.54) is 38.9 Å². The normalized spacial score (nSPS) is 31.9. The van der Waals surface area contributed by atoms with Crippen LogP contribution in [0.5, 0.6) is 0 Å². The van der Waals surface area contributed by atoms with E-state index in [9.17, 15) is 0 Å². The summed E-state index contributed by atoms with van der Waals surface area (Å²) in [6, 6.07) is 1.49. The Morgan fingerprint density at radius 3 is 2.73 bits per heavy atom. The van der Waals surface area contributed by atoms with Crippen LogP contribution in [0, 0.1) is 5.92 Å². The maximum atomic E-state index is 3.57. The summed E-state index contributed by atoms with van der Waals surface area (Å²) in [7, 11) is 0. The number of nitrogens with zero attached hydrogens (tertiary/aromatic N) is 1. The molecule has 0 aromatic rings. The Labute approximate surface area is 93.7 Å². The molecule has 1 saturated carbocycles. The van der Waals surface area contributed by atoms with E-state index >= 15 is 0 Å². The van der Waals surface area contributed by atoms with Gasteiger partial charge in [0.15, 0.2) is 0 Å². The van der Waals surface area contributed by atoms with Crippen molar-refractivity contribution in [2.24, 2.45) is 5.92 Å². The molecule has 0 amide bonds. The topological polar surface area (TPSA) is 15.3 Å². The highest BCUT2D eigenvalue weighted by molar-refractivity contribution is 4.98. The van der Waals surface area contributed by atoms with Crippen molar-refractivity contribution in [1.29, 1.82) is 0 Å². The maximum Gasteiger partial charge on any atom is 0.0166 e. The Kier molecular flexibility index (Phi) is 3.81. The molecule has 1 N–H and O–H groups in total.